The number of nitrogens with one attached hydrogen (secondary N) is 1. The van der Waals surface area contributed by atoms with E-state index >= 15 is 0 Å². The van der Waals surface area contributed by atoms with E-state index in [2.05, 4.69) is 15.1 Å². The van der Waals surface area contributed by atoms with Crippen LogP contribution in [0.15, 0.2) is 17.2 Å². The molecule has 7 heteroatoms. The highest BCUT2D eigenvalue weighted by molar-refractivity contribution is 5.93. The lowest BCUT2D eigenvalue weighted by molar-refractivity contribution is 0.0936. The molecule has 0 aliphatic carbocycles. The van der Waals surface area contributed by atoms with Crippen LogP contribution in [0.5, 0.6) is 0 Å². The molecule has 0 atom stereocenters. The zero-order valence-electron chi connectivity index (χ0n) is 10.1. The Morgan fingerprint density at radius 1 is 1.50 bits per heavy atom. The fraction of sp³-hybridized carbons (Fsp3) is 0.273. The number of rotatable bonds is 2. The van der Waals surface area contributed by atoms with Gasteiger partial charge >= 0.3 is 0 Å². The topological polar surface area (TPSA) is 107 Å². The third-order valence-electron chi connectivity index (χ3n) is 2.73. The van der Waals surface area contributed by atoms with Crippen LogP contribution in [0.1, 0.15) is 27.4 Å². The average Bonchev–Trinajstić information content (AvgIpc) is 2.64. The van der Waals surface area contributed by atoms with Crippen LogP contribution in [0.2, 0.25) is 0 Å². The van der Waals surface area contributed by atoms with Crippen LogP contribution in [0.25, 0.3) is 0 Å². The van der Waals surface area contributed by atoms with Crippen LogP contribution in [-0.2, 0) is 6.54 Å². The number of H-pyrrole nitrogens is 1. The minimum absolute atomic E-state index is 0.128. The summed E-state index contributed by atoms with van der Waals surface area (Å²) in [7, 11) is 0. The number of carbonyl (C=O) groups is 1. The second-order valence-electron chi connectivity index (χ2n) is 3.87. The molecule has 0 aliphatic rings. The van der Waals surface area contributed by atoms with Crippen LogP contribution >= 0.6 is 0 Å². The highest BCUT2D eigenvalue weighted by atomic mass is 16.2. The summed E-state index contributed by atoms with van der Waals surface area (Å²) in [6, 6.07) is 0. The minimum atomic E-state index is -0.397. The van der Waals surface area contributed by atoms with E-state index < -0.39 is 5.91 Å². The molecule has 0 aliphatic heterocycles. The SMILES string of the molecule is Cc1nn(C(=O)c2c[nH]c(=O)cn2)c(C)c1CN. The number of nitrogens with two attached hydrogens (primary N) is 1. The van der Waals surface area contributed by atoms with E-state index in [1.165, 1.54) is 10.9 Å². The summed E-state index contributed by atoms with van der Waals surface area (Å²) in [4.78, 5) is 29.2. The number of aromatic nitrogens is 4. The van der Waals surface area contributed by atoms with Gasteiger partial charge in [0.25, 0.3) is 11.5 Å². The molecule has 0 bridgehead atoms. The van der Waals surface area contributed by atoms with E-state index in [4.69, 9.17) is 5.73 Å². The third kappa shape index (κ3) is 1.95. The molecule has 0 aromatic carbocycles. The Morgan fingerprint density at radius 2 is 2.22 bits per heavy atom. The van der Waals surface area contributed by atoms with Crippen LogP contribution in [-0.4, -0.2) is 25.7 Å². The van der Waals surface area contributed by atoms with Gasteiger partial charge in [0.05, 0.1) is 11.9 Å². The van der Waals surface area contributed by atoms with Crippen LogP contribution < -0.4 is 11.3 Å². The molecule has 2 aromatic heterocycles. The van der Waals surface area contributed by atoms with Gasteiger partial charge in [-0.05, 0) is 13.8 Å². The second kappa shape index (κ2) is 4.53. The van der Waals surface area contributed by atoms with E-state index in [9.17, 15) is 9.59 Å². The van der Waals surface area contributed by atoms with Crippen molar-refractivity contribution in [3.63, 3.8) is 0 Å². The Labute approximate surface area is 103 Å². The quantitative estimate of drug-likeness (QED) is 0.759. The third-order valence-corrected chi connectivity index (χ3v) is 2.73. The first-order valence-electron chi connectivity index (χ1n) is 5.39. The van der Waals surface area contributed by atoms with Gasteiger partial charge < -0.3 is 10.7 Å². The van der Waals surface area contributed by atoms with Gasteiger partial charge in [-0.1, -0.05) is 0 Å². The first kappa shape index (κ1) is 12.2. The molecule has 0 saturated heterocycles. The maximum Gasteiger partial charge on any atom is 0.298 e. The molecule has 2 rings (SSSR count). The van der Waals surface area contributed by atoms with Crippen LogP contribution in [0.4, 0.5) is 0 Å². The Morgan fingerprint density at radius 3 is 2.72 bits per heavy atom. The van der Waals surface area contributed by atoms with E-state index in [1.807, 2.05) is 0 Å². The molecule has 94 valence electrons. The highest BCUT2D eigenvalue weighted by Crippen LogP contribution is 2.12. The van der Waals surface area contributed by atoms with Crippen molar-refractivity contribution in [3.8, 4) is 0 Å². The Kier molecular flexibility index (Phi) is 3.07. The number of aromatic amines is 1. The monoisotopic (exact) mass is 247 g/mol. The predicted octanol–water partition coefficient (Wildman–Crippen LogP) is -0.270. The molecule has 7 nitrogen and oxygen atoms in total. The normalized spacial score (nSPS) is 10.6. The van der Waals surface area contributed by atoms with Gasteiger partial charge in [-0.25, -0.2) is 4.98 Å². The Balaban J connectivity index is 2.46. The lowest BCUT2D eigenvalue weighted by Crippen LogP contribution is -2.19. The van der Waals surface area contributed by atoms with Gasteiger partial charge in [0.1, 0.15) is 5.69 Å². The molecule has 0 amide bonds. The molecule has 0 radical (unpaired) electrons. The standard InChI is InChI=1S/C11H13N5O2/c1-6-8(3-12)7(2)16(15-6)11(18)9-4-14-10(17)5-13-9/h4-5H,3,12H2,1-2H3,(H,14,17). The molecule has 2 heterocycles. The van der Waals surface area contributed by atoms with Crippen molar-refractivity contribution in [2.45, 2.75) is 20.4 Å². The smallest absolute Gasteiger partial charge is 0.298 e. The van der Waals surface area contributed by atoms with E-state index in [0.29, 0.717) is 17.9 Å². The summed E-state index contributed by atoms with van der Waals surface area (Å²) in [5, 5.41) is 4.13. The number of hydrogen-bond donors (Lipinski definition) is 2. The number of carbonyl (C=O) groups excluding carboxylic acids is 1. The molecule has 3 N–H and O–H groups in total. The summed E-state index contributed by atoms with van der Waals surface area (Å²) < 4.78 is 1.25. The van der Waals surface area contributed by atoms with Gasteiger partial charge in [0.15, 0.2) is 0 Å². The van der Waals surface area contributed by atoms with Crippen molar-refractivity contribution < 1.29 is 4.79 Å². The zero-order valence-corrected chi connectivity index (χ0v) is 10.1. The Bertz CT molecular complexity index is 635. The number of nitrogens with zero attached hydrogens (tertiary/aromatic N) is 3. The second-order valence-corrected chi connectivity index (χ2v) is 3.87. The highest BCUT2D eigenvalue weighted by Gasteiger charge is 2.17. The maximum atomic E-state index is 12.1. The van der Waals surface area contributed by atoms with Crippen molar-refractivity contribution in [1.82, 2.24) is 19.7 Å². The Hall–Kier alpha value is -2.28. The van der Waals surface area contributed by atoms with E-state index in [-0.39, 0.29) is 11.3 Å². The summed E-state index contributed by atoms with van der Waals surface area (Å²) in [5.41, 5.74) is 7.61. The molecule has 0 spiro atoms. The summed E-state index contributed by atoms with van der Waals surface area (Å²) in [6.07, 6.45) is 2.33. The fourth-order valence-corrected chi connectivity index (χ4v) is 1.74. The van der Waals surface area contributed by atoms with Gasteiger partial charge in [0, 0.05) is 24.0 Å². The summed E-state index contributed by atoms with van der Waals surface area (Å²) >= 11 is 0. The van der Waals surface area contributed by atoms with Crippen molar-refractivity contribution in [2.24, 2.45) is 5.73 Å². The average molecular weight is 247 g/mol. The zero-order chi connectivity index (χ0) is 13.3. The minimum Gasteiger partial charge on any atom is -0.326 e. The number of aryl methyl sites for hydroxylation is 1. The van der Waals surface area contributed by atoms with E-state index in [0.717, 1.165) is 11.8 Å². The lowest BCUT2D eigenvalue weighted by Gasteiger charge is -2.02. The van der Waals surface area contributed by atoms with Crippen LogP contribution in [0, 0.1) is 13.8 Å². The summed E-state index contributed by atoms with van der Waals surface area (Å²) in [5.74, 6) is -0.397. The molecule has 18 heavy (non-hydrogen) atoms. The fourth-order valence-electron chi connectivity index (χ4n) is 1.74. The van der Waals surface area contributed by atoms with Crippen LogP contribution in [0.3, 0.4) is 0 Å². The number of hydrogen-bond acceptors (Lipinski definition) is 5. The molecule has 0 saturated carbocycles. The van der Waals surface area contributed by atoms with Crippen molar-refractivity contribution in [2.75, 3.05) is 0 Å². The van der Waals surface area contributed by atoms with Gasteiger partial charge in [-0.2, -0.15) is 9.78 Å². The van der Waals surface area contributed by atoms with Gasteiger partial charge in [-0.3, -0.25) is 9.59 Å². The van der Waals surface area contributed by atoms with Gasteiger partial charge in [0.2, 0.25) is 0 Å². The largest absolute Gasteiger partial charge is 0.326 e. The van der Waals surface area contributed by atoms with Crippen molar-refractivity contribution >= 4 is 5.91 Å². The maximum absolute atomic E-state index is 12.1. The lowest BCUT2D eigenvalue weighted by atomic mass is 10.2. The van der Waals surface area contributed by atoms with Crippen molar-refractivity contribution in [3.05, 3.63) is 45.4 Å². The first-order chi connectivity index (χ1) is 8.54. The van der Waals surface area contributed by atoms with Gasteiger partial charge in [-0.15, -0.1) is 0 Å². The first-order valence-corrected chi connectivity index (χ1v) is 5.39. The molecular weight excluding hydrogens is 234 g/mol. The molecule has 0 unspecified atom stereocenters. The molecule has 0 fully saturated rings. The predicted molar refractivity (Wildman–Crippen MR) is 64.2 cm³/mol. The molecule has 2 aromatic rings. The van der Waals surface area contributed by atoms with E-state index in [1.54, 1.807) is 13.8 Å². The summed E-state index contributed by atoms with van der Waals surface area (Å²) in [6.45, 7) is 3.88. The van der Waals surface area contributed by atoms with Crippen molar-refractivity contribution in [1.29, 1.82) is 0 Å². The molecular formula is C11H13N5O2.